The maximum Gasteiger partial charge on any atom is 0.0484 e. The number of hydrogen-bond acceptors (Lipinski definition) is 4. The Morgan fingerprint density at radius 1 is 1.35 bits per heavy atom. The molecule has 2 saturated heterocycles. The number of likely N-dealkylation sites (N-methyl/N-ethyl adjacent to an activating group) is 1. The highest BCUT2D eigenvalue weighted by molar-refractivity contribution is 4.97. The monoisotopic (exact) mass is 241 g/mol. The van der Waals surface area contributed by atoms with Crippen molar-refractivity contribution in [1.29, 1.82) is 0 Å². The van der Waals surface area contributed by atoms with Gasteiger partial charge in [-0.3, -0.25) is 4.90 Å². The summed E-state index contributed by atoms with van der Waals surface area (Å²) in [6, 6.07) is 0.697. The normalized spacial score (nSPS) is 36.4. The molecule has 4 heteroatoms. The molecular formula is C13H27N3O. The van der Waals surface area contributed by atoms with Crippen LogP contribution >= 0.6 is 0 Å². The van der Waals surface area contributed by atoms with E-state index in [1.165, 1.54) is 25.9 Å². The van der Waals surface area contributed by atoms with Gasteiger partial charge in [0.05, 0.1) is 0 Å². The third kappa shape index (κ3) is 2.81. The summed E-state index contributed by atoms with van der Waals surface area (Å²) in [4.78, 5) is 4.98. The van der Waals surface area contributed by atoms with Crippen molar-refractivity contribution in [2.75, 3.05) is 46.9 Å². The van der Waals surface area contributed by atoms with Crippen molar-refractivity contribution in [3.63, 3.8) is 0 Å². The van der Waals surface area contributed by atoms with Crippen LogP contribution in [0.4, 0.5) is 0 Å². The molecule has 0 bridgehead atoms. The molecule has 0 spiro atoms. The fourth-order valence-electron chi connectivity index (χ4n) is 3.24. The number of nitrogens with two attached hydrogens (primary N) is 1. The van der Waals surface area contributed by atoms with Gasteiger partial charge in [0, 0.05) is 44.4 Å². The summed E-state index contributed by atoms with van der Waals surface area (Å²) in [5, 5.41) is 0. The molecule has 0 radical (unpaired) electrons. The van der Waals surface area contributed by atoms with E-state index in [1.807, 2.05) is 0 Å². The molecule has 0 aromatic carbocycles. The molecule has 2 aliphatic rings. The largest absolute Gasteiger partial charge is 0.381 e. The predicted molar refractivity (Wildman–Crippen MR) is 70.1 cm³/mol. The van der Waals surface area contributed by atoms with Gasteiger partial charge < -0.3 is 15.4 Å². The molecule has 2 rings (SSSR count). The van der Waals surface area contributed by atoms with Crippen molar-refractivity contribution in [2.45, 2.75) is 37.3 Å². The molecule has 4 nitrogen and oxygen atoms in total. The molecule has 2 fully saturated rings. The van der Waals surface area contributed by atoms with Gasteiger partial charge >= 0.3 is 0 Å². The SMILES string of the molecule is CN(C)C1CCN(C2(CN)CCCOCC2)C1. The first-order chi connectivity index (χ1) is 8.18. The van der Waals surface area contributed by atoms with Gasteiger partial charge in [-0.25, -0.2) is 0 Å². The second kappa shape index (κ2) is 5.65. The standard InChI is InChI=1S/C13H27N3O/c1-15(2)12-4-7-16(10-12)13(11-14)5-3-8-17-9-6-13/h12H,3-11,14H2,1-2H3. The van der Waals surface area contributed by atoms with Gasteiger partial charge in [-0.1, -0.05) is 0 Å². The van der Waals surface area contributed by atoms with E-state index in [2.05, 4.69) is 23.9 Å². The molecular weight excluding hydrogens is 214 g/mol. The lowest BCUT2D eigenvalue weighted by Gasteiger charge is -2.40. The Kier molecular flexibility index (Phi) is 4.42. The molecule has 2 atom stereocenters. The lowest BCUT2D eigenvalue weighted by molar-refractivity contribution is 0.0820. The fraction of sp³-hybridized carbons (Fsp3) is 1.00. The van der Waals surface area contributed by atoms with Crippen LogP contribution in [0.25, 0.3) is 0 Å². The zero-order valence-electron chi connectivity index (χ0n) is 11.3. The van der Waals surface area contributed by atoms with Crippen molar-refractivity contribution in [2.24, 2.45) is 5.73 Å². The molecule has 0 aliphatic carbocycles. The summed E-state index contributed by atoms with van der Waals surface area (Å²) < 4.78 is 5.59. The molecule has 17 heavy (non-hydrogen) atoms. The average molecular weight is 241 g/mol. The zero-order valence-corrected chi connectivity index (χ0v) is 11.3. The summed E-state index contributed by atoms with van der Waals surface area (Å²) in [6.07, 6.45) is 4.73. The number of nitrogens with zero attached hydrogens (tertiary/aromatic N) is 2. The number of rotatable bonds is 3. The Hall–Kier alpha value is -0.160. The van der Waals surface area contributed by atoms with E-state index in [-0.39, 0.29) is 5.54 Å². The van der Waals surface area contributed by atoms with E-state index in [1.54, 1.807) is 0 Å². The second-order valence-corrected chi connectivity index (χ2v) is 5.75. The Labute approximate surface area is 105 Å². The Bertz CT molecular complexity index is 237. The van der Waals surface area contributed by atoms with Crippen molar-refractivity contribution in [3.05, 3.63) is 0 Å². The number of likely N-dealkylation sites (tertiary alicyclic amines) is 1. The van der Waals surface area contributed by atoms with Crippen LogP contribution in [0.1, 0.15) is 25.7 Å². The third-order valence-corrected chi connectivity index (χ3v) is 4.59. The molecule has 2 unspecified atom stereocenters. The van der Waals surface area contributed by atoms with E-state index in [0.29, 0.717) is 6.04 Å². The molecule has 2 aliphatic heterocycles. The number of hydrogen-bond donors (Lipinski definition) is 1. The van der Waals surface area contributed by atoms with Crippen LogP contribution in [0.3, 0.4) is 0 Å². The first-order valence-electron chi connectivity index (χ1n) is 6.87. The van der Waals surface area contributed by atoms with Crippen molar-refractivity contribution >= 4 is 0 Å². The predicted octanol–water partition coefficient (Wildman–Crippen LogP) is 0.520. The fourth-order valence-corrected chi connectivity index (χ4v) is 3.24. The highest BCUT2D eigenvalue weighted by Crippen LogP contribution is 2.31. The van der Waals surface area contributed by atoms with Gasteiger partial charge in [0.1, 0.15) is 0 Å². The Morgan fingerprint density at radius 2 is 2.18 bits per heavy atom. The molecule has 0 amide bonds. The van der Waals surface area contributed by atoms with Crippen LogP contribution in [0.5, 0.6) is 0 Å². The first-order valence-corrected chi connectivity index (χ1v) is 6.87. The third-order valence-electron chi connectivity index (χ3n) is 4.59. The van der Waals surface area contributed by atoms with Crippen molar-refractivity contribution in [3.8, 4) is 0 Å². The second-order valence-electron chi connectivity index (χ2n) is 5.75. The van der Waals surface area contributed by atoms with E-state index < -0.39 is 0 Å². The van der Waals surface area contributed by atoms with Crippen LogP contribution < -0.4 is 5.73 Å². The maximum atomic E-state index is 6.10. The van der Waals surface area contributed by atoms with Gasteiger partial charge in [-0.05, 0) is 39.8 Å². The smallest absolute Gasteiger partial charge is 0.0484 e. The minimum absolute atomic E-state index is 0.210. The molecule has 2 heterocycles. The summed E-state index contributed by atoms with van der Waals surface area (Å²) in [5.74, 6) is 0. The highest BCUT2D eigenvalue weighted by atomic mass is 16.5. The highest BCUT2D eigenvalue weighted by Gasteiger charge is 2.40. The zero-order chi connectivity index (χ0) is 12.3. The van der Waals surface area contributed by atoms with E-state index >= 15 is 0 Å². The molecule has 0 aromatic heterocycles. The number of ether oxygens (including phenoxy) is 1. The average Bonchev–Trinajstić information content (AvgIpc) is 2.70. The van der Waals surface area contributed by atoms with Crippen LogP contribution in [0.15, 0.2) is 0 Å². The molecule has 2 N–H and O–H groups in total. The van der Waals surface area contributed by atoms with E-state index in [9.17, 15) is 0 Å². The van der Waals surface area contributed by atoms with Crippen LogP contribution in [0, 0.1) is 0 Å². The Morgan fingerprint density at radius 3 is 2.82 bits per heavy atom. The summed E-state index contributed by atoms with van der Waals surface area (Å²) >= 11 is 0. The molecule has 100 valence electrons. The van der Waals surface area contributed by atoms with Crippen LogP contribution in [-0.4, -0.2) is 68.3 Å². The van der Waals surface area contributed by atoms with Crippen molar-refractivity contribution in [1.82, 2.24) is 9.80 Å². The lowest BCUT2D eigenvalue weighted by atomic mass is 9.89. The van der Waals surface area contributed by atoms with Gasteiger partial charge in [-0.2, -0.15) is 0 Å². The quantitative estimate of drug-likeness (QED) is 0.782. The van der Waals surface area contributed by atoms with Gasteiger partial charge in [-0.15, -0.1) is 0 Å². The topological polar surface area (TPSA) is 41.7 Å². The Balaban J connectivity index is 2.02. The maximum absolute atomic E-state index is 6.10. The molecule has 0 saturated carbocycles. The summed E-state index contributed by atoms with van der Waals surface area (Å²) in [5.41, 5.74) is 6.31. The van der Waals surface area contributed by atoms with Crippen LogP contribution in [0.2, 0.25) is 0 Å². The van der Waals surface area contributed by atoms with Crippen LogP contribution in [-0.2, 0) is 4.74 Å². The summed E-state index contributed by atoms with van der Waals surface area (Å²) in [7, 11) is 4.36. The van der Waals surface area contributed by atoms with Gasteiger partial charge in [0.15, 0.2) is 0 Å². The first kappa shape index (κ1) is 13.3. The minimum Gasteiger partial charge on any atom is -0.381 e. The van der Waals surface area contributed by atoms with Gasteiger partial charge in [0.2, 0.25) is 0 Å². The molecule has 0 aromatic rings. The van der Waals surface area contributed by atoms with E-state index in [0.717, 1.165) is 32.6 Å². The van der Waals surface area contributed by atoms with E-state index in [4.69, 9.17) is 10.5 Å². The summed E-state index contributed by atoms with van der Waals surface area (Å²) in [6.45, 7) is 4.92. The van der Waals surface area contributed by atoms with Gasteiger partial charge in [0.25, 0.3) is 0 Å². The lowest BCUT2D eigenvalue weighted by Crippen LogP contribution is -2.53. The van der Waals surface area contributed by atoms with Crippen molar-refractivity contribution < 1.29 is 4.74 Å². The minimum atomic E-state index is 0.210.